The first-order valence-electron chi connectivity index (χ1n) is 8.09. The molecule has 1 aliphatic rings. The van der Waals surface area contributed by atoms with Crippen molar-refractivity contribution in [3.05, 3.63) is 108 Å². The van der Waals surface area contributed by atoms with Crippen LogP contribution >= 0.6 is 0 Å². The zero-order valence-electron chi connectivity index (χ0n) is 12.9. The molecule has 1 fully saturated rings. The molecule has 23 heavy (non-hydrogen) atoms. The van der Waals surface area contributed by atoms with E-state index in [0.717, 1.165) is 0 Å². The summed E-state index contributed by atoms with van der Waals surface area (Å²) >= 11 is 0. The Hall–Kier alpha value is -2.42. The van der Waals surface area contributed by atoms with Crippen LogP contribution in [-0.4, -0.2) is 0 Å². The Morgan fingerprint density at radius 3 is 1.17 bits per heavy atom. The van der Waals surface area contributed by atoms with E-state index in [-0.39, 0.29) is 18.2 Å². The van der Waals surface area contributed by atoms with Gasteiger partial charge in [-0.05, 0) is 16.7 Å². The molecule has 114 valence electrons. The molecule has 1 aliphatic heterocycles. The lowest BCUT2D eigenvalue weighted by Gasteiger charge is -2.19. The first kappa shape index (κ1) is 14.2. The Kier molecular flexibility index (Phi) is 3.93. The van der Waals surface area contributed by atoms with E-state index in [1.54, 1.807) is 0 Å². The van der Waals surface area contributed by atoms with Crippen LogP contribution in [0.2, 0.25) is 0 Å². The lowest BCUT2D eigenvalue weighted by molar-refractivity contribution is 0.554. The molecule has 0 aromatic heterocycles. The van der Waals surface area contributed by atoms with Gasteiger partial charge in [-0.25, -0.2) is 0 Å². The van der Waals surface area contributed by atoms with E-state index in [1.165, 1.54) is 16.7 Å². The second kappa shape index (κ2) is 6.37. The summed E-state index contributed by atoms with van der Waals surface area (Å²) in [5.74, 6) is 0. The quantitative estimate of drug-likeness (QED) is 0.751. The van der Waals surface area contributed by atoms with Crippen molar-refractivity contribution in [2.24, 2.45) is 0 Å². The highest BCUT2D eigenvalue weighted by Crippen LogP contribution is 2.37. The van der Waals surface area contributed by atoms with E-state index in [4.69, 9.17) is 0 Å². The smallest absolute Gasteiger partial charge is 0.0846 e. The molecule has 4 rings (SSSR count). The van der Waals surface area contributed by atoms with Gasteiger partial charge < -0.3 is 0 Å². The monoisotopic (exact) mass is 300 g/mol. The predicted octanol–water partition coefficient (Wildman–Crippen LogP) is 4.36. The van der Waals surface area contributed by atoms with Gasteiger partial charge in [0.25, 0.3) is 0 Å². The summed E-state index contributed by atoms with van der Waals surface area (Å²) in [7, 11) is 0. The van der Waals surface area contributed by atoms with Crippen LogP contribution in [0, 0.1) is 0 Å². The summed E-state index contributed by atoms with van der Waals surface area (Å²) in [5, 5.41) is 7.52. The van der Waals surface area contributed by atoms with Crippen molar-refractivity contribution >= 4 is 0 Å². The number of nitrogens with one attached hydrogen (secondary N) is 2. The fourth-order valence-electron chi connectivity index (χ4n) is 3.34. The molecule has 2 unspecified atom stereocenters. The van der Waals surface area contributed by atoms with E-state index in [0.29, 0.717) is 0 Å². The third-order valence-corrected chi connectivity index (χ3v) is 4.48. The highest BCUT2D eigenvalue weighted by atomic mass is 15.2. The lowest BCUT2D eigenvalue weighted by atomic mass is 9.95. The van der Waals surface area contributed by atoms with Gasteiger partial charge in [0.2, 0.25) is 0 Å². The van der Waals surface area contributed by atoms with Gasteiger partial charge in [-0.15, -0.1) is 0 Å². The van der Waals surface area contributed by atoms with Crippen LogP contribution < -0.4 is 10.6 Å². The van der Waals surface area contributed by atoms with Crippen molar-refractivity contribution in [2.75, 3.05) is 0 Å². The fourth-order valence-corrected chi connectivity index (χ4v) is 3.34. The molecule has 0 spiro atoms. The molecule has 0 radical (unpaired) electrons. The molecule has 1 heterocycles. The Morgan fingerprint density at radius 1 is 0.435 bits per heavy atom. The highest BCUT2D eigenvalue weighted by Gasteiger charge is 2.35. The molecule has 3 aromatic rings. The van der Waals surface area contributed by atoms with Gasteiger partial charge in [0.15, 0.2) is 0 Å². The maximum absolute atomic E-state index is 3.76. The molecule has 0 saturated carbocycles. The van der Waals surface area contributed by atoms with Crippen molar-refractivity contribution in [3.8, 4) is 0 Å². The molecular formula is C21H20N2. The van der Waals surface area contributed by atoms with Gasteiger partial charge in [0.1, 0.15) is 0 Å². The van der Waals surface area contributed by atoms with Crippen molar-refractivity contribution in [3.63, 3.8) is 0 Å². The van der Waals surface area contributed by atoms with Crippen LogP contribution in [0.1, 0.15) is 34.9 Å². The van der Waals surface area contributed by atoms with Crippen molar-refractivity contribution < 1.29 is 0 Å². The number of rotatable bonds is 3. The minimum atomic E-state index is 0.159. The average Bonchev–Trinajstić information content (AvgIpc) is 3.09. The van der Waals surface area contributed by atoms with E-state index < -0.39 is 0 Å². The van der Waals surface area contributed by atoms with Crippen LogP contribution in [0.4, 0.5) is 0 Å². The van der Waals surface area contributed by atoms with Gasteiger partial charge >= 0.3 is 0 Å². The predicted molar refractivity (Wildman–Crippen MR) is 93.8 cm³/mol. The molecule has 0 bridgehead atoms. The molecule has 2 nitrogen and oxygen atoms in total. The molecule has 2 atom stereocenters. The van der Waals surface area contributed by atoms with Crippen LogP contribution in [0.5, 0.6) is 0 Å². The van der Waals surface area contributed by atoms with Crippen molar-refractivity contribution in [1.82, 2.24) is 10.6 Å². The van der Waals surface area contributed by atoms with Crippen LogP contribution in [-0.2, 0) is 0 Å². The SMILES string of the molecule is c1ccc(C2NC(c3ccccc3)C(c3ccccc3)N2)cc1. The lowest BCUT2D eigenvalue weighted by Crippen LogP contribution is -2.22. The summed E-state index contributed by atoms with van der Waals surface area (Å²) in [6.07, 6.45) is 0.159. The Morgan fingerprint density at radius 2 is 0.783 bits per heavy atom. The van der Waals surface area contributed by atoms with E-state index >= 15 is 0 Å². The maximum Gasteiger partial charge on any atom is 0.0846 e. The third-order valence-electron chi connectivity index (χ3n) is 4.48. The topological polar surface area (TPSA) is 24.1 Å². The van der Waals surface area contributed by atoms with Crippen molar-refractivity contribution in [1.29, 1.82) is 0 Å². The minimum absolute atomic E-state index is 0.159. The largest absolute Gasteiger partial charge is 0.289 e. The third kappa shape index (κ3) is 2.91. The van der Waals surface area contributed by atoms with Crippen molar-refractivity contribution in [2.45, 2.75) is 18.2 Å². The first-order chi connectivity index (χ1) is 11.4. The van der Waals surface area contributed by atoms with Gasteiger partial charge in [-0.3, -0.25) is 10.6 Å². The first-order valence-corrected chi connectivity index (χ1v) is 8.09. The Bertz CT molecular complexity index is 693. The van der Waals surface area contributed by atoms with Crippen LogP contribution in [0.15, 0.2) is 91.0 Å². The van der Waals surface area contributed by atoms with Gasteiger partial charge in [-0.2, -0.15) is 0 Å². The summed E-state index contributed by atoms with van der Waals surface area (Å²) in [4.78, 5) is 0. The fraction of sp³-hybridized carbons (Fsp3) is 0.143. The molecule has 0 aliphatic carbocycles. The standard InChI is InChI=1S/C21H20N2/c1-4-10-16(11-5-1)19-20(17-12-6-2-7-13-17)23-21(22-19)18-14-8-3-9-15-18/h1-15,19-23H. The zero-order valence-corrected chi connectivity index (χ0v) is 12.9. The summed E-state index contributed by atoms with van der Waals surface area (Å²) in [6, 6.07) is 32.4. The number of hydrogen-bond acceptors (Lipinski definition) is 2. The molecular weight excluding hydrogens is 280 g/mol. The molecule has 2 heteroatoms. The normalized spacial score (nSPS) is 23.7. The molecule has 1 saturated heterocycles. The summed E-state index contributed by atoms with van der Waals surface area (Å²) in [5.41, 5.74) is 3.89. The second-order valence-corrected chi connectivity index (χ2v) is 5.95. The van der Waals surface area contributed by atoms with E-state index in [1.807, 2.05) is 0 Å². The molecule has 2 N–H and O–H groups in total. The molecule has 0 amide bonds. The summed E-state index contributed by atoms with van der Waals surface area (Å²) in [6.45, 7) is 0. The number of benzene rings is 3. The second-order valence-electron chi connectivity index (χ2n) is 5.95. The van der Waals surface area contributed by atoms with E-state index in [9.17, 15) is 0 Å². The maximum atomic E-state index is 3.76. The van der Waals surface area contributed by atoms with Crippen LogP contribution in [0.25, 0.3) is 0 Å². The molecule has 3 aromatic carbocycles. The Balaban J connectivity index is 1.70. The zero-order chi connectivity index (χ0) is 15.5. The van der Waals surface area contributed by atoms with Gasteiger partial charge in [-0.1, -0.05) is 91.0 Å². The average molecular weight is 300 g/mol. The summed E-state index contributed by atoms with van der Waals surface area (Å²) < 4.78 is 0. The van der Waals surface area contributed by atoms with Crippen LogP contribution in [0.3, 0.4) is 0 Å². The van der Waals surface area contributed by atoms with Gasteiger partial charge in [0.05, 0.1) is 18.2 Å². The minimum Gasteiger partial charge on any atom is -0.289 e. The van der Waals surface area contributed by atoms with Gasteiger partial charge in [0, 0.05) is 0 Å². The van der Waals surface area contributed by atoms with E-state index in [2.05, 4.69) is 102 Å². The highest BCUT2D eigenvalue weighted by molar-refractivity contribution is 5.32. The number of hydrogen-bond donors (Lipinski definition) is 2. The Labute approximate surface area is 137 Å².